The summed E-state index contributed by atoms with van der Waals surface area (Å²) in [6, 6.07) is 6.91. The Morgan fingerprint density at radius 2 is 2.03 bits per heavy atom. The van der Waals surface area contributed by atoms with Crippen molar-refractivity contribution in [1.82, 2.24) is 10.2 Å². The van der Waals surface area contributed by atoms with Gasteiger partial charge in [0.15, 0.2) is 0 Å². The van der Waals surface area contributed by atoms with E-state index in [9.17, 15) is 14.7 Å². The number of nitrogens with zero attached hydrogens (tertiary/aromatic N) is 1. The average Bonchev–Trinajstić information content (AvgIpc) is 2.79. The molecular formula is C25H37IN2O5. The third-order valence-corrected chi connectivity index (χ3v) is 6.62. The molecular weight excluding hydrogens is 535 g/mol. The van der Waals surface area contributed by atoms with Gasteiger partial charge >= 0.3 is 0 Å². The fraction of sp³-hybridized carbons (Fsp3) is 0.600. The zero-order valence-electron chi connectivity index (χ0n) is 19.8. The first-order valence-electron chi connectivity index (χ1n) is 11.8. The third-order valence-electron chi connectivity index (χ3n) is 5.73. The van der Waals surface area contributed by atoms with Crippen LogP contribution in [0.3, 0.4) is 0 Å². The molecule has 0 spiro atoms. The minimum Gasteiger partial charge on any atom is -0.482 e. The van der Waals surface area contributed by atoms with Crippen LogP contribution in [0.5, 0.6) is 5.75 Å². The van der Waals surface area contributed by atoms with Gasteiger partial charge in [0.1, 0.15) is 18.0 Å². The van der Waals surface area contributed by atoms with Gasteiger partial charge in [0.05, 0.1) is 16.2 Å². The Labute approximate surface area is 210 Å². The first kappa shape index (κ1) is 27.6. The number of ether oxygens (including phenoxy) is 1. The molecule has 0 heterocycles. The third kappa shape index (κ3) is 8.26. The quantitative estimate of drug-likeness (QED) is 0.334. The minimum absolute atomic E-state index is 0.00777. The maximum Gasteiger partial charge on any atom is 0.247 e. The molecule has 2 rings (SSSR count). The number of amides is 2. The Balaban J connectivity index is 2.37. The molecule has 0 aromatic heterocycles. The fourth-order valence-electron chi connectivity index (χ4n) is 3.81. The molecule has 33 heavy (non-hydrogen) atoms. The summed E-state index contributed by atoms with van der Waals surface area (Å²) in [4.78, 5) is 27.7. The monoisotopic (exact) mass is 572 g/mol. The lowest BCUT2D eigenvalue weighted by Gasteiger charge is -2.41. The van der Waals surface area contributed by atoms with Gasteiger partial charge in [-0.05, 0) is 59.6 Å². The summed E-state index contributed by atoms with van der Waals surface area (Å²) in [5.74, 6) is 0.682. The van der Waals surface area contributed by atoms with Gasteiger partial charge in [0, 0.05) is 31.5 Å². The van der Waals surface area contributed by atoms with Gasteiger partial charge in [-0.15, -0.1) is 0 Å². The molecule has 3 atom stereocenters. The molecule has 1 aliphatic rings. The summed E-state index contributed by atoms with van der Waals surface area (Å²) < 4.78 is 7.04. The highest BCUT2D eigenvalue weighted by Crippen LogP contribution is 2.30. The van der Waals surface area contributed by atoms with E-state index >= 15 is 0 Å². The van der Waals surface area contributed by atoms with E-state index in [4.69, 9.17) is 9.84 Å². The number of halogens is 1. The van der Waals surface area contributed by atoms with Crippen LogP contribution in [0, 0.1) is 9.49 Å². The Bertz CT molecular complexity index is 814. The maximum atomic E-state index is 13.1. The SMILES string of the molecule is CCCCC(=O)N(CCC(C)C)[C@@H]1CC(C(=O)NCCO)=C[C@H](Oc2ccccc2I)[C@H]1O. The standard InChI is InChI=1S/C25H37IN2O5/c1-4-5-10-23(30)28(13-11-17(2)3)20-15-18(25(32)27-12-14-29)16-22(24(20)31)33-21-9-7-6-8-19(21)26/h6-9,16-17,20,22,24,29,31H,4-5,10-15H2,1-3H3,(H,27,32)/t20-,22+,24+/m1/s1. The van der Waals surface area contributed by atoms with E-state index in [2.05, 4.69) is 41.8 Å². The van der Waals surface area contributed by atoms with E-state index in [-0.39, 0.29) is 31.4 Å². The van der Waals surface area contributed by atoms with Crippen LogP contribution in [0.2, 0.25) is 0 Å². The Hall–Kier alpha value is -1.65. The number of aliphatic hydroxyl groups excluding tert-OH is 2. The van der Waals surface area contributed by atoms with E-state index in [1.54, 1.807) is 11.0 Å². The van der Waals surface area contributed by atoms with Crippen LogP contribution in [0.15, 0.2) is 35.9 Å². The number of nitrogens with one attached hydrogen (secondary N) is 1. The molecule has 0 fully saturated rings. The van der Waals surface area contributed by atoms with Crippen molar-refractivity contribution in [3.05, 3.63) is 39.5 Å². The molecule has 0 radical (unpaired) electrons. The van der Waals surface area contributed by atoms with Crippen LogP contribution in [-0.2, 0) is 9.59 Å². The second-order valence-electron chi connectivity index (χ2n) is 8.82. The predicted octanol–water partition coefficient (Wildman–Crippen LogP) is 3.27. The average molecular weight is 572 g/mol. The highest BCUT2D eigenvalue weighted by molar-refractivity contribution is 14.1. The largest absolute Gasteiger partial charge is 0.482 e. The smallest absolute Gasteiger partial charge is 0.247 e. The van der Waals surface area contributed by atoms with E-state index in [0.717, 1.165) is 22.8 Å². The summed E-state index contributed by atoms with van der Waals surface area (Å²) in [7, 11) is 0. The van der Waals surface area contributed by atoms with Crippen molar-refractivity contribution in [3.8, 4) is 5.75 Å². The molecule has 1 aromatic carbocycles. The van der Waals surface area contributed by atoms with Crippen molar-refractivity contribution >= 4 is 34.4 Å². The normalized spacial score (nSPS) is 20.3. The first-order chi connectivity index (χ1) is 15.8. The van der Waals surface area contributed by atoms with Gasteiger partial charge in [-0.2, -0.15) is 0 Å². The van der Waals surface area contributed by atoms with Crippen molar-refractivity contribution in [2.24, 2.45) is 5.92 Å². The van der Waals surface area contributed by atoms with Crippen molar-refractivity contribution in [2.75, 3.05) is 19.7 Å². The van der Waals surface area contributed by atoms with E-state index in [1.165, 1.54) is 0 Å². The number of unbranched alkanes of at least 4 members (excludes halogenated alkanes) is 1. The second-order valence-corrected chi connectivity index (χ2v) is 9.98. The number of benzene rings is 1. The van der Waals surface area contributed by atoms with Gasteiger partial charge in [-0.1, -0.05) is 39.3 Å². The number of carbonyl (C=O) groups excluding carboxylic acids is 2. The molecule has 2 amide bonds. The fourth-order valence-corrected chi connectivity index (χ4v) is 4.33. The van der Waals surface area contributed by atoms with Crippen molar-refractivity contribution < 1.29 is 24.5 Å². The van der Waals surface area contributed by atoms with E-state index in [0.29, 0.717) is 30.2 Å². The summed E-state index contributed by atoms with van der Waals surface area (Å²) >= 11 is 2.17. The summed E-state index contributed by atoms with van der Waals surface area (Å²) in [5.41, 5.74) is 0.451. The van der Waals surface area contributed by atoms with Crippen molar-refractivity contribution in [1.29, 1.82) is 0 Å². The number of rotatable bonds is 12. The van der Waals surface area contributed by atoms with Crippen molar-refractivity contribution in [3.63, 3.8) is 0 Å². The molecule has 0 aliphatic heterocycles. The zero-order chi connectivity index (χ0) is 24.4. The Morgan fingerprint density at radius 3 is 2.67 bits per heavy atom. The van der Waals surface area contributed by atoms with Crippen LogP contribution < -0.4 is 10.1 Å². The van der Waals surface area contributed by atoms with Gasteiger partial charge in [0.25, 0.3) is 0 Å². The molecule has 0 saturated heterocycles. The second kappa shape index (κ2) is 13.9. The van der Waals surface area contributed by atoms with E-state index < -0.39 is 18.2 Å². The lowest BCUT2D eigenvalue weighted by molar-refractivity contribution is -0.139. The minimum atomic E-state index is -0.979. The summed E-state index contributed by atoms with van der Waals surface area (Å²) in [6.45, 7) is 6.73. The number of hydrogen-bond donors (Lipinski definition) is 3. The van der Waals surface area contributed by atoms with Gasteiger partial charge < -0.3 is 25.2 Å². The van der Waals surface area contributed by atoms with Crippen LogP contribution in [-0.4, -0.2) is 64.9 Å². The molecule has 1 aromatic rings. The molecule has 8 heteroatoms. The molecule has 3 N–H and O–H groups in total. The molecule has 0 bridgehead atoms. The lowest BCUT2D eigenvalue weighted by Crippen LogP contribution is -2.55. The van der Waals surface area contributed by atoms with Gasteiger partial charge in [0.2, 0.25) is 11.8 Å². The van der Waals surface area contributed by atoms with Crippen LogP contribution >= 0.6 is 22.6 Å². The van der Waals surface area contributed by atoms with Crippen LogP contribution in [0.25, 0.3) is 0 Å². The first-order valence-corrected chi connectivity index (χ1v) is 12.8. The van der Waals surface area contributed by atoms with Crippen LogP contribution in [0.4, 0.5) is 0 Å². The zero-order valence-corrected chi connectivity index (χ0v) is 22.0. The number of para-hydroxylation sites is 1. The lowest BCUT2D eigenvalue weighted by atomic mass is 9.87. The maximum absolute atomic E-state index is 13.1. The van der Waals surface area contributed by atoms with Crippen LogP contribution in [0.1, 0.15) is 52.9 Å². The molecule has 184 valence electrons. The molecule has 0 saturated carbocycles. The Kier molecular flexibility index (Phi) is 11.6. The van der Waals surface area contributed by atoms with Gasteiger partial charge in [-0.3, -0.25) is 9.59 Å². The molecule has 0 unspecified atom stereocenters. The van der Waals surface area contributed by atoms with Gasteiger partial charge in [-0.25, -0.2) is 0 Å². The number of hydrogen-bond acceptors (Lipinski definition) is 5. The highest BCUT2D eigenvalue weighted by Gasteiger charge is 2.40. The summed E-state index contributed by atoms with van der Waals surface area (Å²) in [5, 5.41) is 23.1. The number of aliphatic hydroxyl groups is 2. The topological polar surface area (TPSA) is 99.1 Å². The van der Waals surface area contributed by atoms with Crippen molar-refractivity contribution in [2.45, 2.75) is 71.1 Å². The molecule has 7 nitrogen and oxygen atoms in total. The molecule has 1 aliphatic carbocycles. The highest BCUT2D eigenvalue weighted by atomic mass is 127. The number of carbonyl (C=O) groups is 2. The Morgan fingerprint density at radius 1 is 1.30 bits per heavy atom. The predicted molar refractivity (Wildman–Crippen MR) is 137 cm³/mol. The van der Waals surface area contributed by atoms with E-state index in [1.807, 2.05) is 31.2 Å². The summed E-state index contributed by atoms with van der Waals surface area (Å²) in [6.07, 6.45) is 3.03.